The predicted molar refractivity (Wildman–Crippen MR) is 43.4 cm³/mol. The summed E-state index contributed by atoms with van der Waals surface area (Å²) in [4.78, 5) is 4.00. The summed E-state index contributed by atoms with van der Waals surface area (Å²) in [6, 6.07) is 3.75. The zero-order chi connectivity index (χ0) is 8.43. The molecule has 0 aliphatic carbocycles. The monoisotopic (exact) mass is 166 g/mol. The number of hydrogen-bond acceptors (Lipinski definition) is 2. The molecule has 0 N–H and O–H groups in total. The fraction of sp³-hybridized carbons (Fsp3) is 0.250. The van der Waals surface area contributed by atoms with Crippen LogP contribution in [0.15, 0.2) is 6.07 Å². The molecule has 1 rings (SSSR count). The predicted octanol–water partition coefficient (Wildman–Crippen LogP) is 2.22. The van der Waals surface area contributed by atoms with Gasteiger partial charge in [0.15, 0.2) is 0 Å². The molecule has 1 aromatic rings. The van der Waals surface area contributed by atoms with E-state index in [-0.39, 0.29) is 0 Å². The molecule has 0 aliphatic rings. The molecule has 11 heavy (non-hydrogen) atoms. The third-order valence-electron chi connectivity index (χ3n) is 1.45. The van der Waals surface area contributed by atoms with Gasteiger partial charge in [-0.1, -0.05) is 11.6 Å². The van der Waals surface area contributed by atoms with E-state index in [2.05, 4.69) is 4.98 Å². The summed E-state index contributed by atoms with van der Waals surface area (Å²) < 4.78 is 0. The van der Waals surface area contributed by atoms with Crippen molar-refractivity contribution in [2.24, 2.45) is 0 Å². The Balaban J connectivity index is 3.35. The molecule has 0 bridgehead atoms. The number of aryl methyl sites for hydroxylation is 2. The normalized spacial score (nSPS) is 9.27. The van der Waals surface area contributed by atoms with E-state index in [4.69, 9.17) is 16.9 Å². The van der Waals surface area contributed by atoms with Gasteiger partial charge in [0.1, 0.15) is 11.8 Å². The van der Waals surface area contributed by atoms with E-state index in [9.17, 15) is 0 Å². The molecule has 0 fully saturated rings. The van der Waals surface area contributed by atoms with Crippen molar-refractivity contribution in [2.75, 3.05) is 0 Å². The van der Waals surface area contributed by atoms with Crippen LogP contribution < -0.4 is 0 Å². The summed E-state index contributed by atoms with van der Waals surface area (Å²) in [5, 5.41) is 9.19. The Morgan fingerprint density at radius 1 is 1.55 bits per heavy atom. The van der Waals surface area contributed by atoms with Gasteiger partial charge in [0.05, 0.1) is 10.7 Å². The third kappa shape index (κ3) is 1.50. The number of nitrogens with zero attached hydrogens (tertiary/aromatic N) is 2. The summed E-state index contributed by atoms with van der Waals surface area (Å²) in [6.45, 7) is 3.60. The van der Waals surface area contributed by atoms with Crippen molar-refractivity contribution < 1.29 is 0 Å². The second-order valence-electron chi connectivity index (χ2n) is 2.33. The fourth-order valence-electron chi connectivity index (χ4n) is 0.785. The third-order valence-corrected chi connectivity index (χ3v) is 1.83. The minimum Gasteiger partial charge on any atom is -0.241 e. The molecule has 0 saturated heterocycles. The van der Waals surface area contributed by atoms with E-state index in [1.165, 1.54) is 0 Å². The van der Waals surface area contributed by atoms with Gasteiger partial charge in [0.25, 0.3) is 0 Å². The summed E-state index contributed by atoms with van der Waals surface area (Å²) in [6.07, 6.45) is 0. The Bertz CT molecular complexity index is 326. The molecule has 0 amide bonds. The number of aromatic nitrogens is 1. The van der Waals surface area contributed by atoms with Gasteiger partial charge in [-0.25, -0.2) is 4.98 Å². The summed E-state index contributed by atoms with van der Waals surface area (Å²) in [7, 11) is 0. The average molecular weight is 167 g/mol. The highest BCUT2D eigenvalue weighted by Crippen LogP contribution is 2.16. The topological polar surface area (TPSA) is 36.7 Å². The molecule has 0 aromatic carbocycles. The van der Waals surface area contributed by atoms with Crippen LogP contribution in [0.1, 0.15) is 17.0 Å². The fourth-order valence-corrected chi connectivity index (χ4v) is 0.991. The zero-order valence-electron chi connectivity index (χ0n) is 6.35. The minimum atomic E-state index is 0.451. The quantitative estimate of drug-likeness (QED) is 0.593. The van der Waals surface area contributed by atoms with E-state index in [0.29, 0.717) is 16.4 Å². The van der Waals surface area contributed by atoms with E-state index in [0.717, 1.165) is 5.56 Å². The molecule has 0 unspecified atom stereocenters. The maximum atomic E-state index is 8.58. The van der Waals surface area contributed by atoms with Gasteiger partial charge in [0, 0.05) is 0 Å². The Morgan fingerprint density at radius 3 is 2.73 bits per heavy atom. The maximum Gasteiger partial charge on any atom is 0.143 e. The first-order valence-corrected chi connectivity index (χ1v) is 3.57. The van der Waals surface area contributed by atoms with Gasteiger partial charge in [-0.05, 0) is 25.5 Å². The lowest BCUT2D eigenvalue weighted by atomic mass is 10.2. The van der Waals surface area contributed by atoms with Crippen LogP contribution in [0.4, 0.5) is 0 Å². The van der Waals surface area contributed by atoms with Crippen LogP contribution in [0, 0.1) is 25.2 Å². The molecule has 0 spiro atoms. The van der Waals surface area contributed by atoms with Crippen LogP contribution in [0.3, 0.4) is 0 Å². The number of nitriles is 1. The van der Waals surface area contributed by atoms with Gasteiger partial charge in [-0.15, -0.1) is 0 Å². The Hall–Kier alpha value is -1.07. The molecule has 1 heterocycles. The van der Waals surface area contributed by atoms with Gasteiger partial charge >= 0.3 is 0 Å². The number of halogens is 1. The van der Waals surface area contributed by atoms with Crippen molar-refractivity contribution in [3.8, 4) is 6.07 Å². The molecular weight excluding hydrogens is 160 g/mol. The second kappa shape index (κ2) is 2.89. The number of rotatable bonds is 0. The molecule has 0 radical (unpaired) electrons. The maximum absolute atomic E-state index is 8.58. The summed E-state index contributed by atoms with van der Waals surface area (Å²) in [5.74, 6) is 0. The Morgan fingerprint density at radius 2 is 2.18 bits per heavy atom. The highest BCUT2D eigenvalue weighted by atomic mass is 35.5. The highest BCUT2D eigenvalue weighted by Gasteiger charge is 2.02. The lowest BCUT2D eigenvalue weighted by Crippen LogP contribution is -1.91. The molecule has 0 saturated carbocycles. The smallest absolute Gasteiger partial charge is 0.143 e. The van der Waals surface area contributed by atoms with Crippen molar-refractivity contribution in [2.45, 2.75) is 13.8 Å². The van der Waals surface area contributed by atoms with E-state index < -0.39 is 0 Å². The molecular formula is C8H7ClN2. The highest BCUT2D eigenvalue weighted by molar-refractivity contribution is 6.31. The molecule has 0 aliphatic heterocycles. The van der Waals surface area contributed by atoms with Gasteiger partial charge < -0.3 is 0 Å². The minimum absolute atomic E-state index is 0.451. The van der Waals surface area contributed by atoms with Crippen LogP contribution in [0.5, 0.6) is 0 Å². The number of pyridine rings is 1. The zero-order valence-corrected chi connectivity index (χ0v) is 7.11. The molecule has 56 valence electrons. The summed E-state index contributed by atoms with van der Waals surface area (Å²) >= 11 is 5.77. The van der Waals surface area contributed by atoms with Crippen LogP contribution in [-0.2, 0) is 0 Å². The number of hydrogen-bond donors (Lipinski definition) is 0. The van der Waals surface area contributed by atoms with Crippen LogP contribution in [0.25, 0.3) is 0 Å². The van der Waals surface area contributed by atoms with Crippen LogP contribution >= 0.6 is 11.6 Å². The first-order chi connectivity index (χ1) is 5.15. The van der Waals surface area contributed by atoms with Crippen molar-refractivity contribution in [1.82, 2.24) is 4.98 Å². The SMILES string of the molecule is Cc1cc(Cl)c(C)nc1C#N. The van der Waals surface area contributed by atoms with Crippen molar-refractivity contribution >= 4 is 11.6 Å². The average Bonchev–Trinajstić information content (AvgIpc) is 1.97. The first-order valence-electron chi connectivity index (χ1n) is 3.19. The van der Waals surface area contributed by atoms with E-state index >= 15 is 0 Å². The largest absolute Gasteiger partial charge is 0.241 e. The molecule has 0 atom stereocenters. The van der Waals surface area contributed by atoms with Crippen molar-refractivity contribution in [3.63, 3.8) is 0 Å². The first kappa shape index (κ1) is 8.03. The second-order valence-corrected chi connectivity index (χ2v) is 2.74. The Kier molecular flexibility index (Phi) is 2.11. The van der Waals surface area contributed by atoms with Gasteiger partial charge in [-0.3, -0.25) is 0 Å². The summed E-state index contributed by atoms with van der Waals surface area (Å²) in [5.41, 5.74) is 1.98. The van der Waals surface area contributed by atoms with Crippen molar-refractivity contribution in [3.05, 3.63) is 28.0 Å². The van der Waals surface area contributed by atoms with Gasteiger partial charge in [-0.2, -0.15) is 5.26 Å². The van der Waals surface area contributed by atoms with Gasteiger partial charge in [0.2, 0.25) is 0 Å². The van der Waals surface area contributed by atoms with Crippen molar-refractivity contribution in [1.29, 1.82) is 5.26 Å². The lowest BCUT2D eigenvalue weighted by Gasteiger charge is -1.99. The Labute approximate surface area is 70.4 Å². The lowest BCUT2D eigenvalue weighted by molar-refractivity contribution is 1.13. The van der Waals surface area contributed by atoms with Crippen LogP contribution in [0.2, 0.25) is 5.02 Å². The standard InChI is InChI=1S/C8H7ClN2/c1-5-3-7(9)6(2)11-8(5)4-10/h3H,1-2H3. The molecule has 2 nitrogen and oxygen atoms in total. The molecule has 1 aromatic heterocycles. The van der Waals surface area contributed by atoms with Crippen LogP contribution in [-0.4, -0.2) is 4.98 Å². The van der Waals surface area contributed by atoms with E-state index in [1.807, 2.05) is 13.0 Å². The molecule has 3 heteroatoms. The van der Waals surface area contributed by atoms with E-state index in [1.54, 1.807) is 13.0 Å².